The van der Waals surface area contributed by atoms with Crippen molar-refractivity contribution in [3.8, 4) is 0 Å². The van der Waals surface area contributed by atoms with Gasteiger partial charge in [0.05, 0.1) is 12.5 Å². The summed E-state index contributed by atoms with van der Waals surface area (Å²) in [5.74, 6) is -0.374. The van der Waals surface area contributed by atoms with Gasteiger partial charge < -0.3 is 9.64 Å². The zero-order valence-corrected chi connectivity index (χ0v) is 15.7. The van der Waals surface area contributed by atoms with E-state index in [1.807, 2.05) is 26.0 Å². The van der Waals surface area contributed by atoms with Crippen molar-refractivity contribution >= 4 is 11.7 Å². The molecule has 2 aromatic carbocycles. The van der Waals surface area contributed by atoms with Gasteiger partial charge in [0.15, 0.2) is 0 Å². The fraction of sp³-hybridized carbons (Fsp3) is 0.409. The van der Waals surface area contributed by atoms with Gasteiger partial charge >= 0.3 is 5.97 Å². The van der Waals surface area contributed by atoms with Gasteiger partial charge in [-0.1, -0.05) is 42.5 Å². The second kappa shape index (κ2) is 8.86. The molecule has 4 heteroatoms. The Balaban J connectivity index is 1.54. The minimum absolute atomic E-state index is 0.158. The highest BCUT2D eigenvalue weighted by atomic mass is 16.5. The molecule has 2 aromatic rings. The topological polar surface area (TPSA) is 32.8 Å². The van der Waals surface area contributed by atoms with Crippen LogP contribution in [0, 0.1) is 0 Å². The number of ether oxygens (including phenoxy) is 1. The van der Waals surface area contributed by atoms with Crippen LogP contribution in [0.1, 0.15) is 30.9 Å². The fourth-order valence-corrected chi connectivity index (χ4v) is 3.38. The average Bonchev–Trinajstić information content (AvgIpc) is 2.69. The van der Waals surface area contributed by atoms with Crippen molar-refractivity contribution in [1.29, 1.82) is 0 Å². The Labute approximate surface area is 156 Å². The summed E-state index contributed by atoms with van der Waals surface area (Å²) < 4.78 is 5.11. The van der Waals surface area contributed by atoms with Crippen LogP contribution >= 0.6 is 0 Å². The summed E-state index contributed by atoms with van der Waals surface area (Å²) >= 11 is 0. The van der Waals surface area contributed by atoms with E-state index >= 15 is 0 Å². The van der Waals surface area contributed by atoms with E-state index in [-0.39, 0.29) is 11.9 Å². The predicted octanol–water partition coefficient (Wildman–Crippen LogP) is 3.68. The van der Waals surface area contributed by atoms with Crippen molar-refractivity contribution in [3.63, 3.8) is 0 Å². The van der Waals surface area contributed by atoms with Gasteiger partial charge in [-0.2, -0.15) is 0 Å². The van der Waals surface area contributed by atoms with E-state index in [4.69, 9.17) is 4.74 Å². The maximum absolute atomic E-state index is 11.9. The van der Waals surface area contributed by atoms with Crippen molar-refractivity contribution in [1.82, 2.24) is 4.90 Å². The van der Waals surface area contributed by atoms with Crippen LogP contribution in [0.3, 0.4) is 0 Å². The molecule has 1 aliphatic heterocycles. The fourth-order valence-electron chi connectivity index (χ4n) is 3.38. The number of nitrogens with zero attached hydrogens (tertiary/aromatic N) is 2. The van der Waals surface area contributed by atoms with Crippen LogP contribution in [-0.4, -0.2) is 43.7 Å². The highest BCUT2D eigenvalue weighted by Crippen LogP contribution is 2.23. The van der Waals surface area contributed by atoms with Crippen LogP contribution in [0.25, 0.3) is 0 Å². The Hall–Kier alpha value is -2.33. The molecule has 4 nitrogen and oxygen atoms in total. The smallest absolute Gasteiger partial charge is 0.313 e. The number of carbonyl (C=O) groups is 1. The van der Waals surface area contributed by atoms with Crippen molar-refractivity contribution in [2.75, 3.05) is 37.7 Å². The second-order valence-electron chi connectivity index (χ2n) is 6.81. The summed E-state index contributed by atoms with van der Waals surface area (Å²) in [6, 6.07) is 19.0. The molecular weight excluding hydrogens is 324 g/mol. The van der Waals surface area contributed by atoms with E-state index in [0.717, 1.165) is 38.3 Å². The molecule has 1 fully saturated rings. The predicted molar refractivity (Wildman–Crippen MR) is 105 cm³/mol. The average molecular weight is 352 g/mol. The second-order valence-corrected chi connectivity index (χ2v) is 6.81. The summed E-state index contributed by atoms with van der Waals surface area (Å²) in [5, 5.41) is 0. The van der Waals surface area contributed by atoms with Gasteiger partial charge in [0.2, 0.25) is 0 Å². The van der Waals surface area contributed by atoms with Gasteiger partial charge in [-0.05, 0) is 37.1 Å². The summed E-state index contributed by atoms with van der Waals surface area (Å²) in [6.07, 6.45) is 0. The number of benzene rings is 2. The van der Waals surface area contributed by atoms with Gasteiger partial charge in [-0.25, -0.2) is 0 Å². The third-order valence-electron chi connectivity index (χ3n) is 5.02. The van der Waals surface area contributed by atoms with Crippen LogP contribution in [0.2, 0.25) is 0 Å². The minimum Gasteiger partial charge on any atom is -0.466 e. The molecule has 138 valence electrons. The molecule has 0 spiro atoms. The molecule has 0 saturated carbocycles. The third-order valence-corrected chi connectivity index (χ3v) is 5.02. The Morgan fingerprint density at radius 2 is 1.65 bits per heavy atom. The molecule has 1 saturated heterocycles. The van der Waals surface area contributed by atoms with E-state index in [2.05, 4.69) is 52.3 Å². The van der Waals surface area contributed by atoms with Gasteiger partial charge in [0, 0.05) is 38.4 Å². The summed E-state index contributed by atoms with van der Waals surface area (Å²) in [7, 11) is 0. The molecule has 0 bridgehead atoms. The standard InChI is InChI=1S/C22H28N2O2/c1-3-26-22(25)18(2)20-9-11-21(12-10-20)24-15-13-23(14-16-24)17-19-7-5-4-6-8-19/h4-12,18H,3,13-17H2,1-2H3. The molecule has 0 aromatic heterocycles. The quantitative estimate of drug-likeness (QED) is 0.743. The third kappa shape index (κ3) is 4.64. The number of hydrogen-bond donors (Lipinski definition) is 0. The first kappa shape index (κ1) is 18.5. The van der Waals surface area contributed by atoms with Crippen LogP contribution in [0.15, 0.2) is 54.6 Å². The van der Waals surface area contributed by atoms with Crippen LogP contribution in [-0.2, 0) is 16.1 Å². The number of anilines is 1. The molecule has 26 heavy (non-hydrogen) atoms. The van der Waals surface area contributed by atoms with E-state index < -0.39 is 0 Å². The lowest BCUT2D eigenvalue weighted by atomic mass is 10.0. The number of piperazine rings is 1. The van der Waals surface area contributed by atoms with Crippen molar-refractivity contribution in [2.24, 2.45) is 0 Å². The largest absolute Gasteiger partial charge is 0.466 e. The van der Waals surface area contributed by atoms with Crippen LogP contribution in [0.5, 0.6) is 0 Å². The zero-order valence-electron chi connectivity index (χ0n) is 15.7. The van der Waals surface area contributed by atoms with Crippen molar-refractivity contribution in [3.05, 3.63) is 65.7 Å². The maximum atomic E-state index is 11.9. The van der Waals surface area contributed by atoms with Gasteiger partial charge in [0.25, 0.3) is 0 Å². The summed E-state index contributed by atoms with van der Waals surface area (Å²) in [5.41, 5.74) is 3.61. The lowest BCUT2D eigenvalue weighted by Crippen LogP contribution is -2.45. The SMILES string of the molecule is CCOC(=O)C(C)c1ccc(N2CCN(Cc3ccccc3)CC2)cc1. The molecule has 1 atom stereocenters. The maximum Gasteiger partial charge on any atom is 0.313 e. The molecule has 3 rings (SSSR count). The van der Waals surface area contributed by atoms with Gasteiger partial charge in [0.1, 0.15) is 0 Å². The van der Waals surface area contributed by atoms with E-state index in [0.29, 0.717) is 6.61 Å². The van der Waals surface area contributed by atoms with Crippen molar-refractivity contribution < 1.29 is 9.53 Å². The Bertz CT molecular complexity index is 692. The Kier molecular flexibility index (Phi) is 6.29. The molecule has 1 aliphatic rings. The first-order valence-corrected chi connectivity index (χ1v) is 9.45. The minimum atomic E-state index is -0.216. The lowest BCUT2D eigenvalue weighted by molar-refractivity contribution is -0.144. The first-order chi connectivity index (χ1) is 12.7. The number of rotatable bonds is 6. The molecule has 0 radical (unpaired) electrons. The van der Waals surface area contributed by atoms with Crippen LogP contribution < -0.4 is 4.90 Å². The van der Waals surface area contributed by atoms with Crippen molar-refractivity contribution in [2.45, 2.75) is 26.3 Å². The molecular formula is C22H28N2O2. The highest BCUT2D eigenvalue weighted by Gasteiger charge is 2.19. The Morgan fingerprint density at radius 1 is 1.00 bits per heavy atom. The number of carbonyl (C=O) groups excluding carboxylic acids is 1. The zero-order chi connectivity index (χ0) is 18.4. The first-order valence-electron chi connectivity index (χ1n) is 9.45. The van der Waals surface area contributed by atoms with E-state index in [9.17, 15) is 4.79 Å². The summed E-state index contributed by atoms with van der Waals surface area (Å²) in [6.45, 7) is 9.37. The molecule has 0 N–H and O–H groups in total. The van der Waals surface area contributed by atoms with E-state index in [1.165, 1.54) is 11.3 Å². The monoisotopic (exact) mass is 352 g/mol. The number of esters is 1. The normalized spacial score (nSPS) is 16.3. The lowest BCUT2D eigenvalue weighted by Gasteiger charge is -2.36. The highest BCUT2D eigenvalue weighted by molar-refractivity contribution is 5.77. The molecule has 1 heterocycles. The summed E-state index contributed by atoms with van der Waals surface area (Å²) in [4.78, 5) is 16.8. The van der Waals surface area contributed by atoms with Gasteiger partial charge in [-0.3, -0.25) is 9.69 Å². The van der Waals surface area contributed by atoms with E-state index in [1.54, 1.807) is 0 Å². The van der Waals surface area contributed by atoms with Gasteiger partial charge in [-0.15, -0.1) is 0 Å². The molecule has 0 amide bonds. The Morgan fingerprint density at radius 3 is 2.27 bits per heavy atom. The number of hydrogen-bond acceptors (Lipinski definition) is 4. The van der Waals surface area contributed by atoms with Crippen LogP contribution in [0.4, 0.5) is 5.69 Å². The molecule has 1 unspecified atom stereocenters. The molecule has 0 aliphatic carbocycles.